The van der Waals surface area contributed by atoms with Crippen LogP contribution in [0.5, 0.6) is 11.5 Å². The SMILES string of the molecule is CCCOc1cccc(C2c3c(-c4c(C)cc(C)cc4O)n[nH]c3C(=O)N2CCCOC(C)C)c1. The number of carbonyl (C=O) groups is 1. The lowest BCUT2D eigenvalue weighted by atomic mass is 9.93. The summed E-state index contributed by atoms with van der Waals surface area (Å²) < 4.78 is 11.6. The summed E-state index contributed by atoms with van der Waals surface area (Å²) in [4.78, 5) is 15.4. The number of aromatic amines is 1. The van der Waals surface area contributed by atoms with Crippen molar-refractivity contribution >= 4 is 5.91 Å². The highest BCUT2D eigenvalue weighted by atomic mass is 16.5. The number of nitrogens with one attached hydrogen (secondary N) is 1. The zero-order chi connectivity index (χ0) is 25.1. The summed E-state index contributed by atoms with van der Waals surface area (Å²) in [6.07, 6.45) is 1.77. The van der Waals surface area contributed by atoms with Crippen molar-refractivity contribution in [2.75, 3.05) is 19.8 Å². The highest BCUT2D eigenvalue weighted by molar-refractivity contribution is 6.00. The minimum absolute atomic E-state index is 0.0996. The van der Waals surface area contributed by atoms with Crippen molar-refractivity contribution in [1.29, 1.82) is 0 Å². The van der Waals surface area contributed by atoms with Gasteiger partial charge >= 0.3 is 0 Å². The summed E-state index contributed by atoms with van der Waals surface area (Å²) in [6.45, 7) is 11.7. The smallest absolute Gasteiger partial charge is 0.273 e. The first-order valence-corrected chi connectivity index (χ1v) is 12.4. The van der Waals surface area contributed by atoms with Gasteiger partial charge in [-0.2, -0.15) is 5.10 Å². The average Bonchev–Trinajstić information content (AvgIpc) is 3.34. The molecule has 7 nitrogen and oxygen atoms in total. The Hall–Kier alpha value is -3.32. The highest BCUT2D eigenvalue weighted by Gasteiger charge is 2.42. The third-order valence-corrected chi connectivity index (χ3v) is 6.20. The summed E-state index contributed by atoms with van der Waals surface area (Å²) in [5.74, 6) is 0.831. The molecule has 0 aliphatic carbocycles. The third-order valence-electron chi connectivity index (χ3n) is 6.20. The molecular formula is C28H35N3O4. The highest BCUT2D eigenvalue weighted by Crippen LogP contribution is 2.46. The number of fused-ring (bicyclic) bond motifs is 1. The number of hydrogen-bond donors (Lipinski definition) is 2. The molecule has 1 aliphatic rings. The van der Waals surface area contributed by atoms with Crippen molar-refractivity contribution in [2.45, 2.75) is 59.6 Å². The second-order valence-corrected chi connectivity index (χ2v) is 9.43. The van der Waals surface area contributed by atoms with Gasteiger partial charge in [-0.1, -0.05) is 25.1 Å². The van der Waals surface area contributed by atoms with Gasteiger partial charge in [-0.3, -0.25) is 9.89 Å². The maximum absolute atomic E-state index is 13.6. The van der Waals surface area contributed by atoms with Gasteiger partial charge in [0, 0.05) is 24.3 Å². The molecule has 1 aromatic heterocycles. The van der Waals surface area contributed by atoms with E-state index in [0.29, 0.717) is 43.1 Å². The average molecular weight is 478 g/mol. The normalized spacial score (nSPS) is 15.2. The molecule has 186 valence electrons. The Kier molecular flexibility index (Phi) is 7.45. The standard InChI is InChI=1S/C28H35N3O4/c1-6-12-35-21-10-7-9-20(16-21)27-24-25(23-19(5)14-18(4)15-22(23)32)29-30-26(24)28(33)31(27)11-8-13-34-17(2)3/h7,9-10,14-17,27,32H,6,8,11-13H2,1-5H3,(H,29,30). The van der Waals surface area contributed by atoms with Gasteiger partial charge < -0.3 is 19.5 Å². The molecular weight excluding hydrogens is 442 g/mol. The van der Waals surface area contributed by atoms with Gasteiger partial charge in [-0.15, -0.1) is 0 Å². The first-order chi connectivity index (χ1) is 16.8. The number of ether oxygens (including phenoxy) is 2. The number of hydrogen-bond acceptors (Lipinski definition) is 5. The van der Waals surface area contributed by atoms with Crippen LogP contribution in [0.2, 0.25) is 0 Å². The van der Waals surface area contributed by atoms with Crippen LogP contribution >= 0.6 is 0 Å². The van der Waals surface area contributed by atoms with Gasteiger partial charge in [-0.25, -0.2) is 0 Å². The van der Waals surface area contributed by atoms with E-state index in [9.17, 15) is 9.90 Å². The zero-order valence-electron chi connectivity index (χ0n) is 21.2. The van der Waals surface area contributed by atoms with Crippen LogP contribution < -0.4 is 4.74 Å². The maximum atomic E-state index is 13.6. The lowest BCUT2D eigenvalue weighted by molar-refractivity contribution is 0.0601. The Morgan fingerprint density at radius 3 is 2.69 bits per heavy atom. The largest absolute Gasteiger partial charge is 0.507 e. The number of rotatable bonds is 10. The van der Waals surface area contributed by atoms with Crippen molar-refractivity contribution < 1.29 is 19.4 Å². The van der Waals surface area contributed by atoms with E-state index in [0.717, 1.165) is 34.4 Å². The van der Waals surface area contributed by atoms with Gasteiger partial charge in [0.2, 0.25) is 0 Å². The fourth-order valence-corrected chi connectivity index (χ4v) is 4.77. The molecule has 0 bridgehead atoms. The van der Waals surface area contributed by atoms with E-state index < -0.39 is 0 Å². The van der Waals surface area contributed by atoms with Gasteiger partial charge in [0.15, 0.2) is 0 Å². The third kappa shape index (κ3) is 5.05. The van der Waals surface area contributed by atoms with Gasteiger partial charge in [-0.05, 0) is 75.4 Å². The summed E-state index contributed by atoms with van der Waals surface area (Å²) in [5, 5.41) is 18.3. The Bertz CT molecular complexity index is 1180. The van der Waals surface area contributed by atoms with Gasteiger partial charge in [0.05, 0.1) is 18.8 Å². The molecule has 1 amide bonds. The number of phenolic OH excluding ortho intramolecular Hbond substituents is 1. The molecule has 2 aromatic carbocycles. The van der Waals surface area contributed by atoms with Crippen molar-refractivity contribution in [1.82, 2.24) is 15.1 Å². The second-order valence-electron chi connectivity index (χ2n) is 9.43. The number of aromatic nitrogens is 2. The van der Waals surface area contributed by atoms with Crippen LogP contribution in [-0.2, 0) is 4.74 Å². The molecule has 35 heavy (non-hydrogen) atoms. The van der Waals surface area contributed by atoms with Crippen molar-refractivity contribution in [2.24, 2.45) is 0 Å². The molecule has 1 atom stereocenters. The molecule has 1 unspecified atom stereocenters. The van der Waals surface area contributed by atoms with Crippen LogP contribution in [0.15, 0.2) is 36.4 Å². The number of carbonyl (C=O) groups excluding carboxylic acids is 1. The topological polar surface area (TPSA) is 87.7 Å². The van der Waals surface area contributed by atoms with Crippen LogP contribution in [0.4, 0.5) is 0 Å². The summed E-state index contributed by atoms with van der Waals surface area (Å²) in [7, 11) is 0. The fraction of sp³-hybridized carbons (Fsp3) is 0.429. The molecule has 0 saturated heterocycles. The quantitative estimate of drug-likeness (QED) is 0.374. The first-order valence-electron chi connectivity index (χ1n) is 12.4. The molecule has 0 radical (unpaired) electrons. The van der Waals surface area contributed by atoms with Crippen molar-refractivity contribution in [3.8, 4) is 22.8 Å². The predicted molar refractivity (Wildman–Crippen MR) is 136 cm³/mol. The fourth-order valence-electron chi connectivity index (χ4n) is 4.77. The van der Waals surface area contributed by atoms with Crippen molar-refractivity contribution in [3.63, 3.8) is 0 Å². The van der Waals surface area contributed by atoms with E-state index in [-0.39, 0.29) is 23.8 Å². The molecule has 7 heteroatoms. The molecule has 4 rings (SSSR count). The second kappa shape index (κ2) is 10.5. The molecule has 2 N–H and O–H groups in total. The molecule has 2 heterocycles. The number of benzene rings is 2. The summed E-state index contributed by atoms with van der Waals surface area (Å²) in [6, 6.07) is 11.3. The first kappa shape index (κ1) is 24.8. The summed E-state index contributed by atoms with van der Waals surface area (Å²) >= 11 is 0. The van der Waals surface area contributed by atoms with Gasteiger partial charge in [0.25, 0.3) is 5.91 Å². The van der Waals surface area contributed by atoms with E-state index in [1.165, 1.54) is 0 Å². The Morgan fingerprint density at radius 2 is 1.97 bits per heavy atom. The minimum Gasteiger partial charge on any atom is -0.507 e. The van der Waals surface area contributed by atoms with E-state index in [1.54, 1.807) is 6.07 Å². The maximum Gasteiger partial charge on any atom is 0.273 e. The Balaban J connectivity index is 1.79. The van der Waals surface area contributed by atoms with E-state index in [1.807, 2.05) is 62.9 Å². The number of aromatic hydroxyl groups is 1. The number of aryl methyl sites for hydroxylation is 2. The molecule has 0 saturated carbocycles. The molecule has 0 spiro atoms. The zero-order valence-corrected chi connectivity index (χ0v) is 21.2. The van der Waals surface area contributed by atoms with Gasteiger partial charge in [0.1, 0.15) is 22.9 Å². The lowest BCUT2D eigenvalue weighted by Crippen LogP contribution is -2.31. The van der Waals surface area contributed by atoms with E-state index in [4.69, 9.17) is 9.47 Å². The Morgan fingerprint density at radius 1 is 1.17 bits per heavy atom. The minimum atomic E-state index is -0.351. The molecule has 3 aromatic rings. The van der Waals surface area contributed by atoms with Crippen LogP contribution in [0, 0.1) is 13.8 Å². The van der Waals surface area contributed by atoms with E-state index in [2.05, 4.69) is 17.1 Å². The number of phenols is 1. The van der Waals surface area contributed by atoms with Crippen molar-refractivity contribution in [3.05, 3.63) is 64.3 Å². The Labute approximate surface area is 207 Å². The van der Waals surface area contributed by atoms with Crippen LogP contribution in [0.25, 0.3) is 11.3 Å². The molecule has 0 fully saturated rings. The van der Waals surface area contributed by atoms with Crippen LogP contribution in [0.1, 0.15) is 72.4 Å². The lowest BCUT2D eigenvalue weighted by Gasteiger charge is -2.27. The van der Waals surface area contributed by atoms with Crippen LogP contribution in [0.3, 0.4) is 0 Å². The monoisotopic (exact) mass is 477 g/mol. The predicted octanol–water partition coefficient (Wildman–Crippen LogP) is 5.55. The number of nitrogens with zero attached hydrogens (tertiary/aromatic N) is 2. The summed E-state index contributed by atoms with van der Waals surface area (Å²) in [5.41, 5.74) is 5.33. The number of amides is 1. The van der Waals surface area contributed by atoms with Crippen LogP contribution in [-0.4, -0.2) is 52.0 Å². The van der Waals surface area contributed by atoms with E-state index >= 15 is 0 Å². The number of H-pyrrole nitrogens is 1. The molecule has 1 aliphatic heterocycles.